The molecule has 0 saturated heterocycles. The van der Waals surface area contributed by atoms with E-state index in [1.807, 2.05) is 0 Å². The van der Waals surface area contributed by atoms with Gasteiger partial charge in [0, 0.05) is 5.02 Å². The quantitative estimate of drug-likeness (QED) is 0.925. The molecule has 0 aliphatic carbocycles. The molecule has 1 N–H and O–H groups in total. The number of alkyl halides is 3. The minimum absolute atomic E-state index is 0.0776. The Bertz CT molecular complexity index is 524. The Morgan fingerprint density at radius 3 is 2.82 bits per heavy atom. The summed E-state index contributed by atoms with van der Waals surface area (Å²) in [5.74, 6) is 0.200. The fraction of sp³-hybridized carbons (Fsp3) is 0.300. The van der Waals surface area contributed by atoms with E-state index in [1.54, 1.807) is 18.2 Å². The van der Waals surface area contributed by atoms with Crippen LogP contribution in [0.25, 0.3) is 11.1 Å². The zero-order valence-electron chi connectivity index (χ0n) is 8.51. The lowest BCUT2D eigenvalue weighted by molar-refractivity contribution is -0.125. The van der Waals surface area contributed by atoms with Crippen molar-refractivity contribution in [1.82, 2.24) is 10.3 Å². The third-order valence-corrected chi connectivity index (χ3v) is 2.23. The Hall–Kier alpha value is -1.27. The Morgan fingerprint density at radius 2 is 2.12 bits per heavy atom. The van der Waals surface area contributed by atoms with Gasteiger partial charge in [-0.3, -0.25) is 0 Å². The highest BCUT2D eigenvalue weighted by molar-refractivity contribution is 6.31. The first-order valence-electron chi connectivity index (χ1n) is 4.76. The van der Waals surface area contributed by atoms with E-state index in [0.717, 1.165) is 0 Å². The van der Waals surface area contributed by atoms with E-state index in [-0.39, 0.29) is 12.4 Å². The van der Waals surface area contributed by atoms with Crippen molar-refractivity contribution in [2.24, 2.45) is 0 Å². The number of halogens is 4. The van der Waals surface area contributed by atoms with Crippen LogP contribution in [0.2, 0.25) is 5.02 Å². The molecule has 1 aromatic heterocycles. The standard InChI is InChI=1S/C10H8ClF3N2O/c11-6-1-2-8-7(3-6)16-9(17-8)4-15-5-10(12,13)14/h1-3,15H,4-5H2. The summed E-state index contributed by atoms with van der Waals surface area (Å²) in [5, 5.41) is 2.70. The molecule has 0 bridgehead atoms. The van der Waals surface area contributed by atoms with Gasteiger partial charge in [-0.2, -0.15) is 13.2 Å². The summed E-state index contributed by atoms with van der Waals surface area (Å²) in [5.41, 5.74) is 1.03. The third-order valence-electron chi connectivity index (χ3n) is 2.00. The van der Waals surface area contributed by atoms with E-state index >= 15 is 0 Å². The van der Waals surface area contributed by atoms with Crippen molar-refractivity contribution >= 4 is 22.7 Å². The number of rotatable bonds is 3. The lowest BCUT2D eigenvalue weighted by atomic mass is 10.3. The molecule has 17 heavy (non-hydrogen) atoms. The molecule has 2 aromatic rings. The van der Waals surface area contributed by atoms with E-state index in [1.165, 1.54) is 0 Å². The van der Waals surface area contributed by atoms with Gasteiger partial charge in [-0.05, 0) is 18.2 Å². The molecule has 0 unspecified atom stereocenters. The second kappa shape index (κ2) is 4.54. The van der Waals surface area contributed by atoms with E-state index < -0.39 is 12.7 Å². The molecular weight excluding hydrogens is 257 g/mol. The SMILES string of the molecule is FC(F)(F)CNCc1nc2cc(Cl)ccc2o1. The van der Waals surface area contributed by atoms with Gasteiger partial charge in [-0.1, -0.05) is 11.6 Å². The van der Waals surface area contributed by atoms with Gasteiger partial charge >= 0.3 is 6.18 Å². The monoisotopic (exact) mass is 264 g/mol. The van der Waals surface area contributed by atoms with Gasteiger partial charge in [0.1, 0.15) is 5.52 Å². The second-order valence-electron chi connectivity index (χ2n) is 3.44. The summed E-state index contributed by atoms with van der Waals surface area (Å²) < 4.78 is 40.9. The fourth-order valence-corrected chi connectivity index (χ4v) is 1.50. The highest BCUT2D eigenvalue weighted by Gasteiger charge is 2.26. The molecule has 0 atom stereocenters. The summed E-state index contributed by atoms with van der Waals surface area (Å²) in [6, 6.07) is 4.84. The maximum Gasteiger partial charge on any atom is 0.401 e. The maximum atomic E-state index is 11.9. The zero-order chi connectivity index (χ0) is 12.5. The average molecular weight is 265 g/mol. The first kappa shape index (κ1) is 12.2. The van der Waals surface area contributed by atoms with Crippen molar-refractivity contribution in [2.45, 2.75) is 12.7 Å². The number of hydrogen-bond acceptors (Lipinski definition) is 3. The number of benzene rings is 1. The van der Waals surface area contributed by atoms with Gasteiger partial charge < -0.3 is 9.73 Å². The third kappa shape index (κ3) is 3.34. The van der Waals surface area contributed by atoms with Crippen LogP contribution in [0.4, 0.5) is 13.2 Å². The lowest BCUT2D eigenvalue weighted by Gasteiger charge is -2.05. The molecule has 0 aliphatic heterocycles. The van der Waals surface area contributed by atoms with Crippen molar-refractivity contribution in [3.63, 3.8) is 0 Å². The van der Waals surface area contributed by atoms with Crippen LogP contribution in [0.5, 0.6) is 0 Å². The maximum absolute atomic E-state index is 11.9. The van der Waals surface area contributed by atoms with Crippen LogP contribution in [0.15, 0.2) is 22.6 Å². The number of hydrogen-bond donors (Lipinski definition) is 1. The molecule has 2 rings (SSSR count). The smallest absolute Gasteiger partial charge is 0.401 e. The summed E-state index contributed by atoms with van der Waals surface area (Å²) in [7, 11) is 0. The highest BCUT2D eigenvalue weighted by atomic mass is 35.5. The molecule has 0 fully saturated rings. The van der Waals surface area contributed by atoms with Crippen LogP contribution in [0, 0.1) is 0 Å². The summed E-state index contributed by atoms with van der Waals surface area (Å²) in [4.78, 5) is 4.01. The molecule has 7 heteroatoms. The van der Waals surface area contributed by atoms with E-state index in [4.69, 9.17) is 16.0 Å². The Balaban J connectivity index is 2.05. The van der Waals surface area contributed by atoms with E-state index in [0.29, 0.717) is 16.1 Å². The average Bonchev–Trinajstić information content (AvgIpc) is 2.57. The predicted molar refractivity (Wildman–Crippen MR) is 56.8 cm³/mol. The topological polar surface area (TPSA) is 38.1 Å². The van der Waals surface area contributed by atoms with Gasteiger partial charge in [0.15, 0.2) is 5.58 Å². The minimum atomic E-state index is -4.24. The first-order chi connectivity index (χ1) is 7.94. The minimum Gasteiger partial charge on any atom is -0.439 e. The van der Waals surface area contributed by atoms with Crippen LogP contribution in [-0.2, 0) is 6.54 Å². The number of nitrogens with zero attached hydrogens (tertiary/aromatic N) is 1. The second-order valence-corrected chi connectivity index (χ2v) is 3.87. The molecule has 0 aliphatic rings. The van der Waals surface area contributed by atoms with Crippen molar-refractivity contribution in [1.29, 1.82) is 0 Å². The lowest BCUT2D eigenvalue weighted by Crippen LogP contribution is -2.28. The molecule has 1 aromatic carbocycles. The summed E-state index contributed by atoms with van der Waals surface area (Å²) in [6.45, 7) is -1.15. The molecule has 0 saturated carbocycles. The number of oxazole rings is 1. The molecule has 1 heterocycles. The number of fused-ring (bicyclic) bond motifs is 1. The fourth-order valence-electron chi connectivity index (χ4n) is 1.34. The van der Waals surface area contributed by atoms with Gasteiger partial charge in [0.25, 0.3) is 0 Å². The molecule has 3 nitrogen and oxygen atoms in total. The first-order valence-corrected chi connectivity index (χ1v) is 5.14. The van der Waals surface area contributed by atoms with Crippen molar-refractivity contribution < 1.29 is 17.6 Å². The normalized spacial score (nSPS) is 12.2. The van der Waals surface area contributed by atoms with Crippen molar-refractivity contribution in [3.05, 3.63) is 29.1 Å². The number of aromatic nitrogens is 1. The van der Waals surface area contributed by atoms with Gasteiger partial charge in [0.05, 0.1) is 13.1 Å². The summed E-state index contributed by atoms with van der Waals surface area (Å²) >= 11 is 5.75. The Kier molecular flexibility index (Phi) is 3.26. The van der Waals surface area contributed by atoms with Crippen LogP contribution in [0.1, 0.15) is 5.89 Å². The predicted octanol–water partition coefficient (Wildman–Crippen LogP) is 3.13. The largest absolute Gasteiger partial charge is 0.439 e. The van der Waals surface area contributed by atoms with Crippen LogP contribution in [0.3, 0.4) is 0 Å². The van der Waals surface area contributed by atoms with Crippen molar-refractivity contribution in [3.8, 4) is 0 Å². The van der Waals surface area contributed by atoms with Gasteiger partial charge in [-0.25, -0.2) is 4.98 Å². The molecule has 0 amide bonds. The van der Waals surface area contributed by atoms with Crippen LogP contribution < -0.4 is 5.32 Å². The zero-order valence-corrected chi connectivity index (χ0v) is 9.27. The van der Waals surface area contributed by atoms with E-state index in [9.17, 15) is 13.2 Å². The van der Waals surface area contributed by atoms with Crippen LogP contribution >= 0.6 is 11.6 Å². The number of nitrogens with one attached hydrogen (secondary N) is 1. The van der Waals surface area contributed by atoms with Crippen molar-refractivity contribution in [2.75, 3.05) is 6.54 Å². The van der Waals surface area contributed by atoms with Gasteiger partial charge in [0.2, 0.25) is 5.89 Å². The molecule has 0 spiro atoms. The molecule has 92 valence electrons. The summed E-state index contributed by atoms with van der Waals surface area (Å²) in [6.07, 6.45) is -4.24. The Labute approximate surface area is 99.6 Å². The van der Waals surface area contributed by atoms with Crippen LogP contribution in [-0.4, -0.2) is 17.7 Å². The molecular formula is C10H8ClF3N2O. The highest BCUT2D eigenvalue weighted by Crippen LogP contribution is 2.20. The van der Waals surface area contributed by atoms with Gasteiger partial charge in [-0.15, -0.1) is 0 Å². The molecule has 0 radical (unpaired) electrons. The Morgan fingerprint density at radius 1 is 1.35 bits per heavy atom. The van der Waals surface area contributed by atoms with E-state index in [2.05, 4.69) is 10.3 Å².